The fourth-order valence-electron chi connectivity index (χ4n) is 3.09. The van der Waals surface area contributed by atoms with Crippen molar-refractivity contribution >= 4 is 16.8 Å². The molecule has 0 radical (unpaired) electrons. The first-order valence-corrected chi connectivity index (χ1v) is 8.80. The van der Waals surface area contributed by atoms with Crippen LogP contribution in [0.15, 0.2) is 48.5 Å². The Labute approximate surface area is 152 Å². The number of hydrogen-bond acceptors (Lipinski definition) is 2. The van der Waals surface area contributed by atoms with Crippen molar-refractivity contribution in [2.75, 3.05) is 20.3 Å². The Morgan fingerprint density at radius 1 is 1.15 bits per heavy atom. The number of carbonyl (C=O) groups excluding carboxylic acids is 1. The van der Waals surface area contributed by atoms with Gasteiger partial charge in [-0.05, 0) is 54.3 Å². The van der Waals surface area contributed by atoms with Crippen molar-refractivity contribution in [3.05, 3.63) is 59.9 Å². The zero-order valence-electron chi connectivity index (χ0n) is 14.8. The highest BCUT2D eigenvalue weighted by atomic mass is 19.1. The van der Waals surface area contributed by atoms with Crippen molar-refractivity contribution < 1.29 is 13.9 Å². The van der Waals surface area contributed by atoms with Gasteiger partial charge in [0.05, 0.1) is 0 Å². The Morgan fingerprint density at radius 3 is 2.69 bits per heavy atom. The van der Waals surface area contributed by atoms with Crippen LogP contribution in [0.2, 0.25) is 0 Å². The van der Waals surface area contributed by atoms with Crippen LogP contribution in [0.1, 0.15) is 18.4 Å². The van der Waals surface area contributed by atoms with Gasteiger partial charge in [0.1, 0.15) is 5.82 Å². The zero-order valence-corrected chi connectivity index (χ0v) is 14.8. The summed E-state index contributed by atoms with van der Waals surface area (Å²) < 4.78 is 18.2. The number of halogens is 1. The zero-order chi connectivity index (χ0) is 18.4. The van der Waals surface area contributed by atoms with E-state index in [0.717, 1.165) is 34.1 Å². The van der Waals surface area contributed by atoms with Crippen LogP contribution in [0.3, 0.4) is 0 Å². The standard InChI is InChI=1S/C21H23FN2O2/c1-26-14-4-13-23-20(25)12-11-18-17-5-2-3-6-19(17)24-21(18)15-7-9-16(22)10-8-15/h2-3,5-10,24H,4,11-14H2,1H3,(H,23,25). The first-order chi connectivity index (χ1) is 12.7. The van der Waals surface area contributed by atoms with E-state index in [1.807, 2.05) is 24.3 Å². The Kier molecular flexibility index (Phi) is 6.02. The average Bonchev–Trinajstić information content (AvgIpc) is 3.03. The summed E-state index contributed by atoms with van der Waals surface area (Å²) in [6.45, 7) is 1.25. The van der Waals surface area contributed by atoms with Crippen molar-refractivity contribution in [3.63, 3.8) is 0 Å². The van der Waals surface area contributed by atoms with E-state index < -0.39 is 0 Å². The molecule has 0 fully saturated rings. The lowest BCUT2D eigenvalue weighted by Gasteiger charge is -2.07. The quantitative estimate of drug-likeness (QED) is 0.600. The minimum Gasteiger partial charge on any atom is -0.385 e. The number of H-pyrrole nitrogens is 1. The molecule has 0 aliphatic rings. The molecule has 1 aromatic heterocycles. The van der Waals surface area contributed by atoms with Crippen molar-refractivity contribution in [1.82, 2.24) is 10.3 Å². The van der Waals surface area contributed by atoms with Crippen molar-refractivity contribution in [2.24, 2.45) is 0 Å². The number of ether oxygens (including phenoxy) is 1. The Bertz CT molecular complexity index is 871. The molecule has 0 saturated heterocycles. The van der Waals surface area contributed by atoms with Crippen molar-refractivity contribution in [3.8, 4) is 11.3 Å². The monoisotopic (exact) mass is 354 g/mol. The number of methoxy groups -OCH3 is 1. The average molecular weight is 354 g/mol. The topological polar surface area (TPSA) is 54.1 Å². The number of para-hydroxylation sites is 1. The lowest BCUT2D eigenvalue weighted by Crippen LogP contribution is -2.25. The van der Waals surface area contributed by atoms with Crippen LogP contribution in [-0.2, 0) is 16.0 Å². The van der Waals surface area contributed by atoms with Gasteiger partial charge in [0.25, 0.3) is 0 Å². The van der Waals surface area contributed by atoms with Gasteiger partial charge in [0, 0.05) is 43.3 Å². The minimum absolute atomic E-state index is 0.0245. The summed E-state index contributed by atoms with van der Waals surface area (Å²) in [5.74, 6) is -0.238. The van der Waals surface area contributed by atoms with Crippen LogP contribution in [-0.4, -0.2) is 31.2 Å². The molecule has 26 heavy (non-hydrogen) atoms. The smallest absolute Gasteiger partial charge is 0.220 e. The highest BCUT2D eigenvalue weighted by Gasteiger charge is 2.14. The summed E-state index contributed by atoms with van der Waals surface area (Å²) in [5, 5.41) is 4.01. The summed E-state index contributed by atoms with van der Waals surface area (Å²) in [7, 11) is 1.65. The maximum atomic E-state index is 13.3. The Hall–Kier alpha value is -2.66. The number of amides is 1. The third-order valence-electron chi connectivity index (χ3n) is 4.40. The summed E-state index contributed by atoms with van der Waals surface area (Å²) in [6, 6.07) is 14.4. The van der Waals surface area contributed by atoms with E-state index in [2.05, 4.69) is 10.3 Å². The molecule has 5 heteroatoms. The molecule has 2 aromatic carbocycles. The molecule has 1 heterocycles. The second-order valence-corrected chi connectivity index (χ2v) is 6.23. The number of carbonyl (C=O) groups is 1. The summed E-state index contributed by atoms with van der Waals surface area (Å²) in [6.07, 6.45) is 1.83. The minimum atomic E-state index is -0.262. The van der Waals surface area contributed by atoms with Gasteiger partial charge in [-0.25, -0.2) is 4.39 Å². The Balaban J connectivity index is 1.79. The van der Waals surface area contributed by atoms with Crippen LogP contribution in [0.25, 0.3) is 22.2 Å². The molecule has 4 nitrogen and oxygen atoms in total. The van der Waals surface area contributed by atoms with E-state index in [4.69, 9.17) is 4.74 Å². The Morgan fingerprint density at radius 2 is 1.92 bits per heavy atom. The molecular weight excluding hydrogens is 331 g/mol. The van der Waals surface area contributed by atoms with Gasteiger partial charge in [0.2, 0.25) is 5.91 Å². The number of rotatable bonds is 8. The molecule has 3 aromatic rings. The van der Waals surface area contributed by atoms with Crippen LogP contribution in [0.5, 0.6) is 0 Å². The normalized spacial score (nSPS) is 11.0. The third-order valence-corrected chi connectivity index (χ3v) is 4.40. The lowest BCUT2D eigenvalue weighted by molar-refractivity contribution is -0.121. The largest absolute Gasteiger partial charge is 0.385 e. The van der Waals surface area contributed by atoms with Crippen LogP contribution < -0.4 is 5.32 Å². The fraction of sp³-hybridized carbons (Fsp3) is 0.286. The van der Waals surface area contributed by atoms with Crippen LogP contribution in [0.4, 0.5) is 4.39 Å². The molecule has 0 aliphatic carbocycles. The molecule has 0 atom stereocenters. The molecule has 2 N–H and O–H groups in total. The number of benzene rings is 2. The molecule has 0 saturated carbocycles. The highest BCUT2D eigenvalue weighted by Crippen LogP contribution is 2.31. The van der Waals surface area contributed by atoms with E-state index in [-0.39, 0.29) is 11.7 Å². The lowest BCUT2D eigenvalue weighted by atomic mass is 10.0. The number of aryl methyl sites for hydroxylation is 1. The summed E-state index contributed by atoms with van der Waals surface area (Å²) >= 11 is 0. The fourth-order valence-corrected chi connectivity index (χ4v) is 3.09. The SMILES string of the molecule is COCCCNC(=O)CCc1c(-c2ccc(F)cc2)[nH]c2ccccc12. The van der Waals surface area contributed by atoms with Crippen molar-refractivity contribution in [1.29, 1.82) is 0 Å². The number of aromatic amines is 1. The van der Waals surface area contributed by atoms with E-state index >= 15 is 0 Å². The predicted octanol–water partition coefficient (Wildman–Crippen LogP) is 4.06. The third kappa shape index (κ3) is 4.29. The highest BCUT2D eigenvalue weighted by molar-refractivity contribution is 5.91. The molecule has 0 bridgehead atoms. The number of fused-ring (bicyclic) bond motifs is 1. The molecular formula is C21H23FN2O2. The molecule has 0 unspecified atom stereocenters. The van der Waals surface area contributed by atoms with Crippen LogP contribution >= 0.6 is 0 Å². The number of hydrogen-bond donors (Lipinski definition) is 2. The van der Waals surface area contributed by atoms with E-state index in [1.54, 1.807) is 19.2 Å². The number of nitrogens with one attached hydrogen (secondary N) is 2. The maximum absolute atomic E-state index is 13.3. The van der Waals surface area contributed by atoms with Crippen molar-refractivity contribution in [2.45, 2.75) is 19.3 Å². The predicted molar refractivity (Wildman–Crippen MR) is 102 cm³/mol. The van der Waals surface area contributed by atoms with Gasteiger partial charge in [0.15, 0.2) is 0 Å². The number of aromatic nitrogens is 1. The first-order valence-electron chi connectivity index (χ1n) is 8.80. The second kappa shape index (κ2) is 8.63. The van der Waals surface area contributed by atoms with Gasteiger partial charge in [-0.2, -0.15) is 0 Å². The molecule has 3 rings (SSSR count). The second-order valence-electron chi connectivity index (χ2n) is 6.23. The first kappa shape index (κ1) is 18.1. The van der Waals surface area contributed by atoms with Gasteiger partial charge in [-0.1, -0.05) is 18.2 Å². The van der Waals surface area contributed by atoms with Gasteiger partial charge < -0.3 is 15.0 Å². The van der Waals surface area contributed by atoms with E-state index in [0.29, 0.717) is 26.0 Å². The summed E-state index contributed by atoms with van der Waals surface area (Å²) in [4.78, 5) is 15.5. The molecule has 0 spiro atoms. The van der Waals surface area contributed by atoms with E-state index in [1.165, 1.54) is 12.1 Å². The summed E-state index contributed by atoms with van der Waals surface area (Å²) in [5.41, 5.74) is 3.96. The molecule has 0 aliphatic heterocycles. The molecule has 1 amide bonds. The molecule has 136 valence electrons. The van der Waals surface area contributed by atoms with Gasteiger partial charge in [-0.3, -0.25) is 4.79 Å². The van der Waals surface area contributed by atoms with Gasteiger partial charge >= 0.3 is 0 Å². The maximum Gasteiger partial charge on any atom is 0.220 e. The van der Waals surface area contributed by atoms with Crippen LogP contribution in [0, 0.1) is 5.82 Å². The van der Waals surface area contributed by atoms with Gasteiger partial charge in [-0.15, -0.1) is 0 Å². The van der Waals surface area contributed by atoms with E-state index in [9.17, 15) is 9.18 Å².